The van der Waals surface area contributed by atoms with Crippen molar-refractivity contribution in [3.8, 4) is 5.75 Å². The molecule has 1 aromatic carbocycles. The number of hydrogen-bond donors (Lipinski definition) is 2. The van der Waals surface area contributed by atoms with Gasteiger partial charge in [0, 0.05) is 41.1 Å². The number of benzene rings is 1. The number of nitrogens with zero attached hydrogens (tertiary/aromatic N) is 2. The molecule has 0 unspecified atom stereocenters. The topological polar surface area (TPSA) is 55.8 Å². The number of likely N-dealkylation sites (tertiary alicyclic amines) is 1. The molecule has 6 heteroatoms. The lowest BCUT2D eigenvalue weighted by atomic mass is 10.0. The number of allylic oxidation sites excluding steroid dienone is 1. The van der Waals surface area contributed by atoms with E-state index in [1.54, 1.807) is 12.1 Å². The number of carbonyl (C=O) groups excluding carboxylic acids is 1. The van der Waals surface area contributed by atoms with E-state index in [2.05, 4.69) is 35.9 Å². The number of rotatable bonds is 5. The van der Waals surface area contributed by atoms with Gasteiger partial charge in [0.05, 0.1) is 6.42 Å². The molecule has 2 N–H and O–H groups in total. The van der Waals surface area contributed by atoms with Gasteiger partial charge in [0.15, 0.2) is 0 Å². The molecule has 152 valence electrons. The van der Waals surface area contributed by atoms with E-state index < -0.39 is 0 Å². The van der Waals surface area contributed by atoms with E-state index in [4.69, 9.17) is 11.6 Å². The molecular weight excluding hydrogens is 374 g/mol. The number of aromatic hydroxyl groups is 1. The van der Waals surface area contributed by atoms with Crippen LogP contribution in [0, 0.1) is 0 Å². The molecule has 2 aliphatic heterocycles. The lowest BCUT2D eigenvalue weighted by molar-refractivity contribution is -0.119. The SMILES string of the molecule is CC(C)(C)N1C=CC(NC(=O)Cc2cc(Cl)c(CN3CCCC3)cc2O)=CC1. The molecule has 0 aliphatic carbocycles. The Labute approximate surface area is 172 Å². The predicted molar refractivity (Wildman–Crippen MR) is 113 cm³/mol. The summed E-state index contributed by atoms with van der Waals surface area (Å²) in [5.74, 6) is -0.0420. The van der Waals surface area contributed by atoms with E-state index in [-0.39, 0.29) is 23.6 Å². The summed E-state index contributed by atoms with van der Waals surface area (Å²) in [4.78, 5) is 17.0. The minimum absolute atomic E-state index is 0.0435. The van der Waals surface area contributed by atoms with Crippen LogP contribution in [0.2, 0.25) is 5.02 Å². The average molecular weight is 404 g/mol. The first-order valence-corrected chi connectivity index (χ1v) is 10.3. The first kappa shape index (κ1) is 20.7. The van der Waals surface area contributed by atoms with Gasteiger partial charge in [-0.05, 0) is 76.6 Å². The second-order valence-corrected chi connectivity index (χ2v) is 8.99. The number of phenolic OH excluding ortho intramolecular Hbond substituents is 1. The summed E-state index contributed by atoms with van der Waals surface area (Å²) >= 11 is 6.42. The van der Waals surface area contributed by atoms with Gasteiger partial charge < -0.3 is 15.3 Å². The van der Waals surface area contributed by atoms with Crippen molar-refractivity contribution in [1.82, 2.24) is 15.1 Å². The van der Waals surface area contributed by atoms with E-state index in [0.717, 1.165) is 37.4 Å². The number of amides is 1. The summed E-state index contributed by atoms with van der Waals surface area (Å²) in [5.41, 5.74) is 2.28. The van der Waals surface area contributed by atoms with E-state index in [9.17, 15) is 9.90 Å². The van der Waals surface area contributed by atoms with Crippen LogP contribution in [0.25, 0.3) is 0 Å². The van der Waals surface area contributed by atoms with E-state index in [1.165, 1.54) is 12.8 Å². The third kappa shape index (κ3) is 5.30. The smallest absolute Gasteiger partial charge is 0.228 e. The Bertz CT molecular complexity index is 790. The fourth-order valence-electron chi connectivity index (χ4n) is 3.55. The first-order valence-electron chi connectivity index (χ1n) is 9.90. The molecule has 0 aromatic heterocycles. The standard InChI is InChI=1S/C22H30ClN3O2/c1-22(2,3)26-10-6-18(7-11-26)24-21(28)14-16-12-19(23)17(13-20(16)27)15-25-8-4-5-9-25/h6-7,10,12-13,27H,4-5,8-9,11,14-15H2,1-3H3,(H,24,28). The summed E-state index contributed by atoms with van der Waals surface area (Å²) in [6.45, 7) is 10.1. The van der Waals surface area contributed by atoms with E-state index >= 15 is 0 Å². The highest BCUT2D eigenvalue weighted by Crippen LogP contribution is 2.28. The Morgan fingerprint density at radius 3 is 2.54 bits per heavy atom. The molecule has 5 nitrogen and oxygen atoms in total. The maximum Gasteiger partial charge on any atom is 0.228 e. The lowest BCUT2D eigenvalue weighted by Gasteiger charge is -2.35. The van der Waals surface area contributed by atoms with Gasteiger partial charge in [0.25, 0.3) is 0 Å². The van der Waals surface area contributed by atoms with E-state index in [0.29, 0.717) is 10.6 Å². The fourth-order valence-corrected chi connectivity index (χ4v) is 3.80. The Hall–Kier alpha value is -1.98. The van der Waals surface area contributed by atoms with Gasteiger partial charge in [0.2, 0.25) is 5.91 Å². The number of carbonyl (C=O) groups is 1. The lowest BCUT2D eigenvalue weighted by Crippen LogP contribution is -2.39. The number of hydrogen-bond acceptors (Lipinski definition) is 4. The van der Waals surface area contributed by atoms with Crippen LogP contribution in [0.1, 0.15) is 44.7 Å². The zero-order valence-corrected chi connectivity index (χ0v) is 17.7. The molecule has 1 saturated heterocycles. The third-order valence-corrected chi connectivity index (χ3v) is 5.63. The normalized spacial score (nSPS) is 17.7. The van der Waals surface area contributed by atoms with Gasteiger partial charge in [-0.15, -0.1) is 0 Å². The molecule has 2 heterocycles. The van der Waals surface area contributed by atoms with Crippen molar-refractivity contribution >= 4 is 17.5 Å². The van der Waals surface area contributed by atoms with Crippen molar-refractivity contribution in [3.63, 3.8) is 0 Å². The molecule has 0 atom stereocenters. The van der Waals surface area contributed by atoms with Gasteiger partial charge in [0.1, 0.15) is 5.75 Å². The van der Waals surface area contributed by atoms with Gasteiger partial charge in [-0.1, -0.05) is 11.6 Å². The molecule has 1 fully saturated rings. The van der Waals surface area contributed by atoms with Crippen LogP contribution in [0.4, 0.5) is 0 Å². The Balaban J connectivity index is 1.59. The molecular formula is C22H30ClN3O2. The Morgan fingerprint density at radius 1 is 1.21 bits per heavy atom. The largest absolute Gasteiger partial charge is 0.508 e. The van der Waals surface area contributed by atoms with Crippen molar-refractivity contribution in [3.05, 3.63) is 52.3 Å². The van der Waals surface area contributed by atoms with Crippen LogP contribution in [0.5, 0.6) is 5.75 Å². The number of phenols is 1. The average Bonchev–Trinajstić information content (AvgIpc) is 3.12. The molecule has 0 spiro atoms. The van der Waals surface area contributed by atoms with Crippen molar-refractivity contribution < 1.29 is 9.90 Å². The van der Waals surface area contributed by atoms with Gasteiger partial charge in [-0.25, -0.2) is 0 Å². The second-order valence-electron chi connectivity index (χ2n) is 8.58. The summed E-state index contributed by atoms with van der Waals surface area (Å²) < 4.78 is 0. The van der Waals surface area contributed by atoms with Gasteiger partial charge in [-0.3, -0.25) is 9.69 Å². The molecule has 3 rings (SSSR count). The summed E-state index contributed by atoms with van der Waals surface area (Å²) in [6, 6.07) is 3.42. The third-order valence-electron chi connectivity index (χ3n) is 5.28. The summed E-state index contributed by atoms with van der Waals surface area (Å²) in [6.07, 6.45) is 8.40. The molecule has 1 aromatic rings. The maximum absolute atomic E-state index is 12.4. The Morgan fingerprint density at radius 2 is 1.93 bits per heavy atom. The minimum Gasteiger partial charge on any atom is -0.508 e. The summed E-state index contributed by atoms with van der Waals surface area (Å²) in [7, 11) is 0. The van der Waals surface area contributed by atoms with Gasteiger partial charge in [-0.2, -0.15) is 0 Å². The van der Waals surface area contributed by atoms with Crippen LogP contribution in [-0.4, -0.2) is 46.0 Å². The van der Waals surface area contributed by atoms with Crippen molar-refractivity contribution in [2.75, 3.05) is 19.6 Å². The second kappa shape index (κ2) is 8.58. The molecule has 2 aliphatic rings. The molecule has 0 bridgehead atoms. The first-order chi connectivity index (χ1) is 13.2. The van der Waals surface area contributed by atoms with Crippen molar-refractivity contribution in [2.24, 2.45) is 0 Å². The molecule has 0 saturated carbocycles. The zero-order chi connectivity index (χ0) is 20.3. The number of halogens is 1. The van der Waals surface area contributed by atoms with Crippen molar-refractivity contribution in [1.29, 1.82) is 0 Å². The van der Waals surface area contributed by atoms with Crippen LogP contribution in [0.3, 0.4) is 0 Å². The summed E-state index contributed by atoms with van der Waals surface area (Å²) in [5, 5.41) is 13.9. The highest BCUT2D eigenvalue weighted by atomic mass is 35.5. The molecule has 28 heavy (non-hydrogen) atoms. The van der Waals surface area contributed by atoms with Crippen LogP contribution >= 0.6 is 11.6 Å². The maximum atomic E-state index is 12.4. The van der Waals surface area contributed by atoms with Crippen LogP contribution in [-0.2, 0) is 17.8 Å². The molecule has 1 amide bonds. The van der Waals surface area contributed by atoms with Crippen LogP contribution in [0.15, 0.2) is 36.2 Å². The zero-order valence-electron chi connectivity index (χ0n) is 17.0. The number of nitrogens with one attached hydrogen (secondary N) is 1. The fraction of sp³-hybridized carbons (Fsp3) is 0.500. The van der Waals surface area contributed by atoms with Gasteiger partial charge >= 0.3 is 0 Å². The van der Waals surface area contributed by atoms with Crippen LogP contribution < -0.4 is 5.32 Å². The predicted octanol–water partition coefficient (Wildman–Crippen LogP) is 3.81. The monoisotopic (exact) mass is 403 g/mol. The van der Waals surface area contributed by atoms with Crippen molar-refractivity contribution in [2.45, 2.75) is 52.1 Å². The van der Waals surface area contributed by atoms with E-state index in [1.807, 2.05) is 18.4 Å². The highest BCUT2D eigenvalue weighted by Gasteiger charge is 2.20. The highest BCUT2D eigenvalue weighted by molar-refractivity contribution is 6.31. The Kier molecular flexibility index (Phi) is 6.36. The molecule has 0 radical (unpaired) electrons. The quantitative estimate of drug-likeness (QED) is 0.784. The minimum atomic E-state index is -0.168.